The summed E-state index contributed by atoms with van der Waals surface area (Å²) in [6.45, 7) is 1.33. The van der Waals surface area contributed by atoms with Gasteiger partial charge < -0.3 is 10.4 Å². The summed E-state index contributed by atoms with van der Waals surface area (Å²) in [6.07, 6.45) is 7.45. The fourth-order valence-electron chi connectivity index (χ4n) is 2.79. The normalized spacial score (nSPS) is 32.3. The first-order valence-corrected chi connectivity index (χ1v) is 6.60. The number of aliphatic hydroxyl groups is 1. The zero-order valence-corrected chi connectivity index (χ0v) is 11.3. The van der Waals surface area contributed by atoms with Crippen LogP contribution in [0.15, 0.2) is 24.3 Å². The van der Waals surface area contributed by atoms with Gasteiger partial charge in [-0.05, 0) is 6.42 Å². The van der Waals surface area contributed by atoms with Gasteiger partial charge in [0.15, 0.2) is 0 Å². The average molecular weight is 278 g/mol. The predicted molar refractivity (Wildman–Crippen MR) is 71.3 cm³/mol. The lowest BCUT2D eigenvalue weighted by Gasteiger charge is -2.44. The smallest absolute Gasteiger partial charge is 0.253 e. The van der Waals surface area contributed by atoms with Gasteiger partial charge in [0.25, 0.3) is 5.91 Å². The Bertz CT molecular complexity index is 511. The summed E-state index contributed by atoms with van der Waals surface area (Å²) in [6, 6.07) is 0. The maximum atomic E-state index is 12.3. The third kappa shape index (κ3) is 2.06. The highest BCUT2D eigenvalue weighted by molar-refractivity contribution is 6.10. The molecular formula is C14H18N2O4. The van der Waals surface area contributed by atoms with E-state index in [9.17, 15) is 19.5 Å². The van der Waals surface area contributed by atoms with Crippen LogP contribution in [-0.4, -0.2) is 35.0 Å². The molecule has 3 N–H and O–H groups in total. The highest BCUT2D eigenvalue weighted by Gasteiger charge is 2.60. The van der Waals surface area contributed by atoms with E-state index in [1.54, 1.807) is 25.2 Å². The van der Waals surface area contributed by atoms with Gasteiger partial charge in [-0.3, -0.25) is 19.7 Å². The van der Waals surface area contributed by atoms with Gasteiger partial charge in [-0.25, -0.2) is 0 Å². The second-order valence-electron chi connectivity index (χ2n) is 5.17. The van der Waals surface area contributed by atoms with Gasteiger partial charge >= 0.3 is 0 Å². The minimum Gasteiger partial charge on any atom is -0.395 e. The summed E-state index contributed by atoms with van der Waals surface area (Å²) in [5, 5.41) is 14.7. The topological polar surface area (TPSA) is 95.5 Å². The van der Waals surface area contributed by atoms with E-state index in [4.69, 9.17) is 0 Å². The maximum absolute atomic E-state index is 12.3. The molecule has 1 heterocycles. The van der Waals surface area contributed by atoms with Crippen LogP contribution in [0.25, 0.3) is 0 Å². The van der Waals surface area contributed by atoms with E-state index in [1.807, 2.05) is 6.08 Å². The van der Waals surface area contributed by atoms with Gasteiger partial charge in [-0.2, -0.15) is 0 Å². The molecule has 2 unspecified atom stereocenters. The SMILES string of the molecule is CCC(=O)NC1(C2(CO)C=CC=CC2)CC(=O)NC1=O. The second kappa shape index (κ2) is 5.20. The number of hydrogen-bond acceptors (Lipinski definition) is 4. The molecule has 1 aliphatic heterocycles. The van der Waals surface area contributed by atoms with Crippen LogP contribution < -0.4 is 10.6 Å². The molecule has 6 nitrogen and oxygen atoms in total. The van der Waals surface area contributed by atoms with E-state index in [2.05, 4.69) is 10.6 Å². The van der Waals surface area contributed by atoms with Crippen molar-refractivity contribution in [3.8, 4) is 0 Å². The Kier molecular flexibility index (Phi) is 3.76. The molecule has 0 aromatic heterocycles. The number of nitrogens with one attached hydrogen (secondary N) is 2. The summed E-state index contributed by atoms with van der Waals surface area (Å²) in [4.78, 5) is 35.7. The summed E-state index contributed by atoms with van der Waals surface area (Å²) in [5.74, 6) is -1.33. The van der Waals surface area contributed by atoms with E-state index < -0.39 is 22.8 Å². The Balaban J connectivity index is 2.48. The van der Waals surface area contributed by atoms with Gasteiger partial charge in [0.1, 0.15) is 5.54 Å². The molecule has 2 atom stereocenters. The van der Waals surface area contributed by atoms with Crippen molar-refractivity contribution in [3.05, 3.63) is 24.3 Å². The first-order chi connectivity index (χ1) is 9.49. The minimum atomic E-state index is -1.42. The van der Waals surface area contributed by atoms with Crippen molar-refractivity contribution in [2.24, 2.45) is 5.41 Å². The largest absolute Gasteiger partial charge is 0.395 e. The quantitative estimate of drug-likeness (QED) is 0.620. The number of carbonyl (C=O) groups excluding carboxylic acids is 3. The molecule has 2 rings (SSSR count). The Morgan fingerprint density at radius 2 is 2.20 bits per heavy atom. The van der Waals surface area contributed by atoms with Gasteiger partial charge in [0.2, 0.25) is 11.8 Å². The van der Waals surface area contributed by atoms with Crippen molar-refractivity contribution in [2.75, 3.05) is 6.61 Å². The molecule has 1 fully saturated rings. The summed E-state index contributed by atoms with van der Waals surface area (Å²) < 4.78 is 0. The minimum absolute atomic E-state index is 0.156. The third-order valence-electron chi connectivity index (χ3n) is 4.02. The van der Waals surface area contributed by atoms with E-state index in [0.717, 1.165) is 0 Å². The van der Waals surface area contributed by atoms with Crippen LogP contribution in [-0.2, 0) is 14.4 Å². The van der Waals surface area contributed by atoms with Crippen molar-refractivity contribution >= 4 is 17.7 Å². The van der Waals surface area contributed by atoms with Crippen LogP contribution in [0, 0.1) is 5.41 Å². The first-order valence-electron chi connectivity index (χ1n) is 6.60. The van der Waals surface area contributed by atoms with Crippen LogP contribution in [0.1, 0.15) is 26.2 Å². The Morgan fingerprint density at radius 1 is 1.45 bits per heavy atom. The van der Waals surface area contributed by atoms with Gasteiger partial charge in [-0.15, -0.1) is 0 Å². The standard InChI is InChI=1S/C14H18N2O4/c1-2-10(18)16-14(8-11(19)15-12(14)20)13(9-17)6-4-3-5-7-13/h3-6,17H,2,7-9H2,1H3,(H,16,18)(H,15,19,20). The Hall–Kier alpha value is -1.95. The van der Waals surface area contributed by atoms with E-state index in [-0.39, 0.29) is 25.4 Å². The summed E-state index contributed by atoms with van der Waals surface area (Å²) >= 11 is 0. The fraction of sp³-hybridized carbons (Fsp3) is 0.500. The molecule has 1 saturated heterocycles. The van der Waals surface area contributed by atoms with Crippen molar-refractivity contribution < 1.29 is 19.5 Å². The lowest BCUT2D eigenvalue weighted by molar-refractivity contribution is -0.136. The van der Waals surface area contributed by atoms with Crippen LogP contribution in [0.5, 0.6) is 0 Å². The Morgan fingerprint density at radius 3 is 2.65 bits per heavy atom. The maximum Gasteiger partial charge on any atom is 0.253 e. The first kappa shape index (κ1) is 14.5. The monoisotopic (exact) mass is 278 g/mol. The van der Waals surface area contributed by atoms with Gasteiger partial charge in [0, 0.05) is 11.8 Å². The molecule has 3 amide bonds. The number of allylic oxidation sites excluding steroid dienone is 3. The van der Waals surface area contributed by atoms with Crippen molar-refractivity contribution in [1.82, 2.24) is 10.6 Å². The van der Waals surface area contributed by atoms with Crippen molar-refractivity contribution in [1.29, 1.82) is 0 Å². The van der Waals surface area contributed by atoms with Crippen molar-refractivity contribution in [2.45, 2.75) is 31.7 Å². The summed E-state index contributed by atoms with van der Waals surface area (Å²) in [7, 11) is 0. The average Bonchev–Trinajstić information content (AvgIpc) is 2.74. The zero-order valence-electron chi connectivity index (χ0n) is 11.3. The molecular weight excluding hydrogens is 260 g/mol. The molecule has 20 heavy (non-hydrogen) atoms. The number of rotatable bonds is 4. The molecule has 0 saturated carbocycles. The number of imide groups is 1. The van der Waals surface area contributed by atoms with E-state index in [0.29, 0.717) is 6.42 Å². The highest BCUT2D eigenvalue weighted by Crippen LogP contribution is 2.43. The molecule has 0 spiro atoms. The van der Waals surface area contributed by atoms with Crippen LogP contribution in [0.2, 0.25) is 0 Å². The van der Waals surface area contributed by atoms with Crippen LogP contribution in [0.3, 0.4) is 0 Å². The van der Waals surface area contributed by atoms with Crippen molar-refractivity contribution in [3.63, 3.8) is 0 Å². The number of amides is 3. The predicted octanol–water partition coefficient (Wildman–Crippen LogP) is -0.207. The molecule has 0 bridgehead atoms. The van der Waals surface area contributed by atoms with Crippen LogP contribution in [0.4, 0.5) is 0 Å². The molecule has 1 aliphatic carbocycles. The molecule has 0 radical (unpaired) electrons. The molecule has 2 aliphatic rings. The molecule has 0 aromatic rings. The van der Waals surface area contributed by atoms with E-state index >= 15 is 0 Å². The highest BCUT2D eigenvalue weighted by atomic mass is 16.3. The summed E-state index contributed by atoms with van der Waals surface area (Å²) in [5.41, 5.74) is -2.42. The van der Waals surface area contributed by atoms with E-state index in [1.165, 1.54) is 0 Å². The molecule has 108 valence electrons. The second-order valence-corrected chi connectivity index (χ2v) is 5.17. The zero-order chi connectivity index (χ0) is 14.8. The molecule has 0 aromatic carbocycles. The molecule has 6 heteroatoms. The van der Waals surface area contributed by atoms with Gasteiger partial charge in [0.05, 0.1) is 13.0 Å². The fourth-order valence-corrected chi connectivity index (χ4v) is 2.79. The van der Waals surface area contributed by atoms with Gasteiger partial charge in [-0.1, -0.05) is 31.2 Å². The number of hydrogen-bond donors (Lipinski definition) is 3. The number of carbonyl (C=O) groups is 3. The Labute approximate surface area is 116 Å². The number of aliphatic hydroxyl groups excluding tert-OH is 1. The van der Waals surface area contributed by atoms with Crippen LogP contribution >= 0.6 is 0 Å². The lowest BCUT2D eigenvalue weighted by atomic mass is 9.65. The lowest BCUT2D eigenvalue weighted by Crippen LogP contribution is -2.65. The third-order valence-corrected chi connectivity index (χ3v) is 4.02.